The van der Waals surface area contributed by atoms with Crippen molar-refractivity contribution >= 4 is 46.7 Å². The number of rotatable bonds is 12. The summed E-state index contributed by atoms with van der Waals surface area (Å²) in [5, 5.41) is 14.4. The number of ether oxygens (including phenoxy) is 1. The molecule has 1 saturated carbocycles. The number of piperidine rings is 1. The second-order valence-corrected chi connectivity index (χ2v) is 19.3. The Morgan fingerprint density at radius 3 is 2.35 bits per heavy atom. The van der Waals surface area contributed by atoms with Gasteiger partial charge in [-0.1, -0.05) is 42.3 Å². The van der Waals surface area contributed by atoms with Crippen LogP contribution in [0.2, 0.25) is 10.0 Å². The van der Waals surface area contributed by atoms with Crippen LogP contribution in [-0.2, 0) is 45.7 Å². The van der Waals surface area contributed by atoms with E-state index in [1.54, 1.807) is 35.4 Å². The van der Waals surface area contributed by atoms with Gasteiger partial charge in [0.05, 0.1) is 49.1 Å². The average Bonchev–Trinajstić information content (AvgIpc) is 3.87. The minimum absolute atomic E-state index is 0.0194. The lowest BCUT2D eigenvalue weighted by atomic mass is 9.81. The molecule has 3 heterocycles. The number of hydrogen-bond acceptors (Lipinski definition) is 8. The zero-order valence-electron chi connectivity index (χ0n) is 36.6. The summed E-state index contributed by atoms with van der Waals surface area (Å²) in [6, 6.07) is 16.0. The van der Waals surface area contributed by atoms with Crippen molar-refractivity contribution in [2.75, 3.05) is 33.8 Å². The second-order valence-electron chi connectivity index (χ2n) is 18.4. The minimum atomic E-state index is -1.17. The summed E-state index contributed by atoms with van der Waals surface area (Å²) in [7, 11) is 5.90. The molecule has 2 saturated heterocycles. The summed E-state index contributed by atoms with van der Waals surface area (Å²) >= 11 is 12.6. The quantitative estimate of drug-likeness (QED) is 0.148. The average molecular weight is 904 g/mol. The van der Waals surface area contributed by atoms with Crippen LogP contribution in [0.5, 0.6) is 11.5 Å². The first-order valence-corrected chi connectivity index (χ1v) is 22.4. The Hall–Kier alpha value is -4.82. The highest BCUT2D eigenvalue weighted by Crippen LogP contribution is 2.51. The van der Waals surface area contributed by atoms with E-state index < -0.39 is 60.0 Å². The van der Waals surface area contributed by atoms with Crippen molar-refractivity contribution in [3.05, 3.63) is 99.7 Å². The number of halogens is 3. The predicted octanol–water partition coefficient (Wildman–Crippen LogP) is 7.60. The van der Waals surface area contributed by atoms with E-state index in [0.29, 0.717) is 49.5 Å². The standard InChI is InChI=1S/C48H57Cl2FN6O6/c1-30-41(59)19-34(28-58)45(61)53-48(23-31-7-11-35(49)12-8-31)15-6-18-56(29-48)46(62)33(24-47(2)16-17-47)20-44(60)57(30)26-38-39(51)21-36(50)22-42(38)63-37-13-9-32(10-14-37)40-25-52-43(55(40)5)27-54(3)4/h7-14,21-22,25,30,33-34,58H,6,15-20,23-24,26-29H2,1-5H3,(H,53,61)/t30-,33-,34-,48+/m0/s1. The molecule has 3 aromatic carbocycles. The van der Waals surface area contributed by atoms with Crippen molar-refractivity contribution in [1.29, 1.82) is 0 Å². The van der Waals surface area contributed by atoms with Gasteiger partial charge in [-0.3, -0.25) is 19.2 Å². The van der Waals surface area contributed by atoms with Crippen LogP contribution in [0.1, 0.15) is 75.7 Å². The number of imidazole rings is 1. The van der Waals surface area contributed by atoms with Gasteiger partial charge in [0.15, 0.2) is 5.78 Å². The first-order chi connectivity index (χ1) is 29.9. The molecule has 4 atom stereocenters. The number of fused-ring (bicyclic) bond motifs is 2. The summed E-state index contributed by atoms with van der Waals surface area (Å²) in [4.78, 5) is 67.6. The highest BCUT2D eigenvalue weighted by atomic mass is 35.5. The molecule has 336 valence electrons. The van der Waals surface area contributed by atoms with Crippen LogP contribution in [0, 0.1) is 23.1 Å². The lowest BCUT2D eigenvalue weighted by Crippen LogP contribution is -2.63. The number of hydrogen-bond donors (Lipinski definition) is 2. The van der Waals surface area contributed by atoms with E-state index in [0.717, 1.165) is 41.6 Å². The molecule has 4 aromatic rings. The van der Waals surface area contributed by atoms with Gasteiger partial charge in [-0.15, -0.1) is 0 Å². The first-order valence-electron chi connectivity index (χ1n) is 21.7. The van der Waals surface area contributed by atoms with Crippen molar-refractivity contribution in [2.24, 2.45) is 24.3 Å². The number of carbonyl (C=O) groups excluding carboxylic acids is 4. The van der Waals surface area contributed by atoms with Gasteiger partial charge in [-0.25, -0.2) is 9.37 Å². The van der Waals surface area contributed by atoms with Crippen LogP contribution in [0.15, 0.2) is 66.9 Å². The number of Topliss-reactive ketones (excluding diaryl/α,β-unsaturated/α-hetero) is 1. The monoisotopic (exact) mass is 902 g/mol. The van der Waals surface area contributed by atoms with E-state index in [1.807, 2.05) is 54.9 Å². The van der Waals surface area contributed by atoms with Crippen LogP contribution < -0.4 is 10.1 Å². The minimum Gasteiger partial charge on any atom is -0.457 e. The molecule has 2 N–H and O–H groups in total. The SMILES string of the molecule is C[C@H]1C(=O)C[C@@H](CO)C(=O)N[C@@]2(Cc3ccc(Cl)cc3)CCCN(C2)C(=O)[C@H](CC2(C)CC2)CC(=O)N1Cc1c(F)cc(Cl)cc1Oc1ccc(-c2cnc(CN(C)C)n2C)cc1. The molecular weight excluding hydrogens is 846 g/mol. The third kappa shape index (κ3) is 10.9. The van der Waals surface area contributed by atoms with E-state index in [-0.39, 0.29) is 47.0 Å². The maximum Gasteiger partial charge on any atom is 0.226 e. The number of amides is 3. The fourth-order valence-electron chi connectivity index (χ4n) is 9.04. The number of carbonyl (C=O) groups is 4. The van der Waals surface area contributed by atoms with Crippen LogP contribution in [0.4, 0.5) is 4.39 Å². The van der Waals surface area contributed by atoms with Gasteiger partial charge in [-0.2, -0.15) is 0 Å². The number of aliphatic hydroxyl groups is 1. The number of nitrogens with one attached hydrogen (secondary N) is 1. The van der Waals surface area contributed by atoms with Gasteiger partial charge < -0.3 is 34.4 Å². The number of aliphatic hydroxyl groups excluding tert-OH is 1. The first kappa shape index (κ1) is 46.2. The van der Waals surface area contributed by atoms with Crippen molar-refractivity contribution in [2.45, 2.75) is 89.9 Å². The molecule has 1 aliphatic carbocycles. The molecule has 15 heteroatoms. The molecule has 3 fully saturated rings. The maximum absolute atomic E-state index is 16.2. The Morgan fingerprint density at radius 1 is 0.968 bits per heavy atom. The second kappa shape index (κ2) is 19.1. The third-order valence-corrected chi connectivity index (χ3v) is 13.5. The molecule has 7 rings (SSSR count). The topological polar surface area (TPSA) is 137 Å². The Balaban J connectivity index is 1.20. The zero-order chi connectivity index (χ0) is 45.2. The lowest BCUT2D eigenvalue weighted by molar-refractivity contribution is -0.148. The Kier molecular flexibility index (Phi) is 14.0. The molecule has 63 heavy (non-hydrogen) atoms. The number of benzene rings is 3. The van der Waals surface area contributed by atoms with Crippen molar-refractivity contribution in [3.8, 4) is 22.8 Å². The smallest absolute Gasteiger partial charge is 0.226 e. The molecule has 3 aliphatic rings. The van der Waals surface area contributed by atoms with Crippen molar-refractivity contribution in [3.63, 3.8) is 0 Å². The Morgan fingerprint density at radius 2 is 1.68 bits per heavy atom. The van der Waals surface area contributed by atoms with Crippen molar-refractivity contribution < 1.29 is 33.4 Å². The molecule has 0 spiro atoms. The summed E-state index contributed by atoms with van der Waals surface area (Å²) in [6.45, 7) is 3.92. The third-order valence-electron chi connectivity index (χ3n) is 13.0. The highest BCUT2D eigenvalue weighted by molar-refractivity contribution is 6.31. The van der Waals surface area contributed by atoms with Crippen LogP contribution >= 0.6 is 23.2 Å². The number of nitrogens with zero attached hydrogens (tertiary/aromatic N) is 5. The maximum atomic E-state index is 16.2. The molecule has 1 aromatic heterocycles. The summed E-state index contributed by atoms with van der Waals surface area (Å²) in [5.41, 5.74) is 1.65. The molecule has 0 radical (unpaired) electrons. The van der Waals surface area contributed by atoms with Gasteiger partial charge in [0.2, 0.25) is 17.7 Å². The molecule has 3 amide bonds. The highest BCUT2D eigenvalue weighted by Gasteiger charge is 2.46. The fraction of sp³-hybridized carbons (Fsp3) is 0.479. The summed E-state index contributed by atoms with van der Waals surface area (Å²) in [5.74, 6) is -3.04. The Labute approximate surface area is 378 Å². The van der Waals surface area contributed by atoms with Crippen LogP contribution in [0.3, 0.4) is 0 Å². The van der Waals surface area contributed by atoms with E-state index in [9.17, 15) is 24.3 Å². The van der Waals surface area contributed by atoms with Crippen LogP contribution in [0.25, 0.3) is 11.3 Å². The normalized spacial score (nSPS) is 23.2. The molecule has 12 nitrogen and oxygen atoms in total. The van der Waals surface area contributed by atoms with Gasteiger partial charge in [0, 0.05) is 60.1 Å². The van der Waals surface area contributed by atoms with Gasteiger partial charge in [-0.05, 0) is 119 Å². The summed E-state index contributed by atoms with van der Waals surface area (Å²) in [6.07, 6.45) is 5.06. The number of ketones is 1. The fourth-order valence-corrected chi connectivity index (χ4v) is 9.36. The Bertz CT molecular complexity index is 2330. The van der Waals surface area contributed by atoms with Gasteiger partial charge in [0.25, 0.3) is 0 Å². The molecule has 0 unspecified atom stereocenters. The number of aromatic nitrogens is 2. The van der Waals surface area contributed by atoms with E-state index in [1.165, 1.54) is 17.9 Å². The summed E-state index contributed by atoms with van der Waals surface area (Å²) < 4.78 is 24.5. The van der Waals surface area contributed by atoms with E-state index >= 15 is 4.39 Å². The van der Waals surface area contributed by atoms with E-state index in [2.05, 4.69) is 17.2 Å². The lowest BCUT2D eigenvalue weighted by Gasteiger charge is -2.45. The molecular formula is C48H57Cl2FN6O6. The van der Waals surface area contributed by atoms with E-state index in [4.69, 9.17) is 27.9 Å². The molecule has 2 aliphatic heterocycles. The van der Waals surface area contributed by atoms with Gasteiger partial charge >= 0.3 is 0 Å². The van der Waals surface area contributed by atoms with Crippen LogP contribution in [-0.4, -0.2) is 98.2 Å². The molecule has 2 bridgehead atoms. The zero-order valence-corrected chi connectivity index (χ0v) is 38.1. The van der Waals surface area contributed by atoms with Crippen molar-refractivity contribution in [1.82, 2.24) is 29.6 Å². The van der Waals surface area contributed by atoms with Gasteiger partial charge in [0.1, 0.15) is 23.1 Å². The predicted molar refractivity (Wildman–Crippen MR) is 240 cm³/mol. The largest absolute Gasteiger partial charge is 0.457 e.